The van der Waals surface area contributed by atoms with Gasteiger partial charge in [-0.15, -0.1) is 0 Å². The third kappa shape index (κ3) is 3.71. The van der Waals surface area contributed by atoms with Crippen LogP contribution in [0.25, 0.3) is 0 Å². The van der Waals surface area contributed by atoms with E-state index in [0.717, 1.165) is 25.2 Å². The van der Waals surface area contributed by atoms with E-state index in [9.17, 15) is 0 Å². The summed E-state index contributed by atoms with van der Waals surface area (Å²) >= 11 is 0. The van der Waals surface area contributed by atoms with E-state index < -0.39 is 0 Å². The third-order valence-electron chi connectivity index (χ3n) is 3.94. The number of ether oxygens (including phenoxy) is 2. The molecule has 1 aliphatic carbocycles. The Labute approximate surface area is 115 Å². The van der Waals surface area contributed by atoms with Crippen molar-refractivity contribution >= 4 is 0 Å². The molecule has 1 aliphatic heterocycles. The summed E-state index contributed by atoms with van der Waals surface area (Å²) in [5, 5.41) is 0. The Morgan fingerprint density at radius 1 is 1.32 bits per heavy atom. The molecule has 2 atom stereocenters. The van der Waals surface area contributed by atoms with Crippen LogP contribution in [0.4, 0.5) is 0 Å². The number of hydrogen-bond donors (Lipinski definition) is 1. The molecule has 0 radical (unpaired) electrons. The zero-order chi connectivity index (χ0) is 13.1. The van der Waals surface area contributed by atoms with Crippen LogP contribution in [0.2, 0.25) is 0 Å². The molecule has 1 saturated heterocycles. The minimum absolute atomic E-state index is 0.0898. The van der Waals surface area contributed by atoms with Crippen molar-refractivity contribution in [2.45, 2.75) is 56.8 Å². The second-order valence-corrected chi connectivity index (χ2v) is 5.71. The first kappa shape index (κ1) is 12.9. The molecule has 0 spiro atoms. The Bertz CT molecular complexity index is 411. The summed E-state index contributed by atoms with van der Waals surface area (Å²) in [4.78, 5) is 0. The van der Waals surface area contributed by atoms with Crippen LogP contribution in [0.3, 0.4) is 0 Å². The molecule has 3 nitrogen and oxygen atoms in total. The Kier molecular flexibility index (Phi) is 4.04. The highest BCUT2D eigenvalue weighted by Crippen LogP contribution is 2.29. The van der Waals surface area contributed by atoms with Gasteiger partial charge in [-0.1, -0.05) is 12.1 Å². The fourth-order valence-electron chi connectivity index (χ4n) is 2.60. The normalized spacial score (nSPS) is 24.4. The van der Waals surface area contributed by atoms with Crippen molar-refractivity contribution in [3.8, 4) is 5.75 Å². The van der Waals surface area contributed by atoms with E-state index >= 15 is 0 Å². The van der Waals surface area contributed by atoms with E-state index in [1.54, 1.807) is 0 Å². The number of rotatable bonds is 6. The van der Waals surface area contributed by atoms with Gasteiger partial charge in [0, 0.05) is 12.6 Å². The van der Waals surface area contributed by atoms with Crippen LogP contribution in [-0.4, -0.2) is 18.8 Å². The highest BCUT2D eigenvalue weighted by atomic mass is 16.5. The topological polar surface area (TPSA) is 44.5 Å². The average Bonchev–Trinajstić information content (AvgIpc) is 3.08. The van der Waals surface area contributed by atoms with Crippen molar-refractivity contribution in [3.05, 3.63) is 29.8 Å². The van der Waals surface area contributed by atoms with E-state index in [1.807, 2.05) is 12.1 Å². The summed E-state index contributed by atoms with van der Waals surface area (Å²) in [5.74, 6) is 0.965. The fourth-order valence-corrected chi connectivity index (χ4v) is 2.60. The van der Waals surface area contributed by atoms with Crippen molar-refractivity contribution in [2.24, 2.45) is 5.73 Å². The second kappa shape index (κ2) is 5.93. The van der Waals surface area contributed by atoms with Gasteiger partial charge in [0.05, 0.1) is 12.2 Å². The highest BCUT2D eigenvalue weighted by molar-refractivity contribution is 5.30. The van der Waals surface area contributed by atoms with E-state index in [0.29, 0.717) is 12.2 Å². The van der Waals surface area contributed by atoms with Crippen molar-refractivity contribution in [1.29, 1.82) is 0 Å². The molecule has 104 valence electrons. The van der Waals surface area contributed by atoms with Crippen LogP contribution >= 0.6 is 0 Å². The van der Waals surface area contributed by atoms with Crippen molar-refractivity contribution in [3.63, 3.8) is 0 Å². The van der Waals surface area contributed by atoms with Crippen molar-refractivity contribution in [1.82, 2.24) is 0 Å². The third-order valence-corrected chi connectivity index (χ3v) is 3.94. The monoisotopic (exact) mass is 261 g/mol. The molecule has 2 unspecified atom stereocenters. The Balaban J connectivity index is 1.53. The van der Waals surface area contributed by atoms with Gasteiger partial charge in [-0.05, 0) is 56.2 Å². The predicted molar refractivity (Wildman–Crippen MR) is 75.2 cm³/mol. The Morgan fingerprint density at radius 3 is 2.95 bits per heavy atom. The summed E-state index contributed by atoms with van der Waals surface area (Å²) in [6.45, 7) is 0.921. The Hall–Kier alpha value is -1.06. The Morgan fingerprint density at radius 2 is 2.21 bits per heavy atom. The molecular formula is C16H23NO2. The first-order chi connectivity index (χ1) is 9.31. The van der Waals surface area contributed by atoms with Gasteiger partial charge in [0.15, 0.2) is 0 Å². The molecule has 19 heavy (non-hydrogen) atoms. The number of benzene rings is 1. The molecule has 2 aliphatic rings. The minimum Gasteiger partial charge on any atom is -0.490 e. The van der Waals surface area contributed by atoms with Crippen LogP contribution in [0.5, 0.6) is 5.75 Å². The lowest BCUT2D eigenvalue weighted by molar-refractivity contribution is 0.101. The summed E-state index contributed by atoms with van der Waals surface area (Å²) in [6, 6.07) is 8.35. The first-order valence-electron chi connectivity index (χ1n) is 7.45. The first-order valence-corrected chi connectivity index (χ1v) is 7.45. The lowest BCUT2D eigenvalue weighted by atomic mass is 10.00. The molecule has 1 aromatic carbocycles. The SMILES string of the molecule is NC(CCC1CCCO1)c1cccc(OC2CC2)c1. The van der Waals surface area contributed by atoms with Crippen LogP contribution in [0.1, 0.15) is 50.1 Å². The smallest absolute Gasteiger partial charge is 0.120 e. The van der Waals surface area contributed by atoms with Gasteiger partial charge in [-0.25, -0.2) is 0 Å². The minimum atomic E-state index is 0.0898. The maximum absolute atomic E-state index is 6.28. The van der Waals surface area contributed by atoms with Crippen molar-refractivity contribution < 1.29 is 9.47 Å². The zero-order valence-corrected chi connectivity index (χ0v) is 11.4. The molecular weight excluding hydrogens is 238 g/mol. The maximum atomic E-state index is 6.28. The van der Waals surface area contributed by atoms with Gasteiger partial charge in [-0.3, -0.25) is 0 Å². The molecule has 2 fully saturated rings. The number of nitrogens with two attached hydrogens (primary N) is 1. The summed E-state index contributed by atoms with van der Waals surface area (Å²) < 4.78 is 11.5. The largest absolute Gasteiger partial charge is 0.490 e. The summed E-state index contributed by atoms with van der Waals surface area (Å²) in [6.07, 6.45) is 7.69. The standard InChI is InChI=1S/C16H23NO2/c17-16(9-8-13-5-2-10-18-13)12-3-1-4-15(11-12)19-14-6-7-14/h1,3-4,11,13-14,16H,2,5-10,17H2. The average molecular weight is 261 g/mol. The lowest BCUT2D eigenvalue weighted by Crippen LogP contribution is -2.14. The van der Waals surface area contributed by atoms with Crippen molar-refractivity contribution in [2.75, 3.05) is 6.61 Å². The molecule has 1 saturated carbocycles. The molecule has 3 rings (SSSR count). The van der Waals surface area contributed by atoms with E-state index in [4.69, 9.17) is 15.2 Å². The molecule has 2 N–H and O–H groups in total. The fraction of sp³-hybridized carbons (Fsp3) is 0.625. The van der Waals surface area contributed by atoms with Crippen LogP contribution in [0, 0.1) is 0 Å². The van der Waals surface area contributed by atoms with Gasteiger partial charge in [0.25, 0.3) is 0 Å². The van der Waals surface area contributed by atoms with Gasteiger partial charge >= 0.3 is 0 Å². The van der Waals surface area contributed by atoms with E-state index in [2.05, 4.69) is 12.1 Å². The van der Waals surface area contributed by atoms with E-state index in [1.165, 1.54) is 31.2 Å². The molecule has 1 aromatic rings. The zero-order valence-electron chi connectivity index (χ0n) is 11.4. The van der Waals surface area contributed by atoms with Crippen LogP contribution in [0.15, 0.2) is 24.3 Å². The molecule has 3 heteroatoms. The van der Waals surface area contributed by atoms with Crippen LogP contribution < -0.4 is 10.5 Å². The van der Waals surface area contributed by atoms with Gasteiger partial charge in [0.1, 0.15) is 5.75 Å². The highest BCUT2D eigenvalue weighted by Gasteiger charge is 2.23. The quantitative estimate of drug-likeness (QED) is 0.855. The second-order valence-electron chi connectivity index (χ2n) is 5.71. The van der Waals surface area contributed by atoms with Gasteiger partial charge < -0.3 is 15.2 Å². The molecule has 0 bridgehead atoms. The lowest BCUT2D eigenvalue weighted by Gasteiger charge is -2.16. The van der Waals surface area contributed by atoms with E-state index in [-0.39, 0.29) is 6.04 Å². The van der Waals surface area contributed by atoms with Gasteiger partial charge in [0.2, 0.25) is 0 Å². The van der Waals surface area contributed by atoms with Crippen LogP contribution in [-0.2, 0) is 4.74 Å². The van der Waals surface area contributed by atoms with Gasteiger partial charge in [-0.2, -0.15) is 0 Å². The number of hydrogen-bond acceptors (Lipinski definition) is 3. The molecule has 0 aromatic heterocycles. The molecule has 0 amide bonds. The maximum Gasteiger partial charge on any atom is 0.120 e. The summed E-state index contributed by atoms with van der Waals surface area (Å²) in [5.41, 5.74) is 7.45. The molecule has 1 heterocycles. The predicted octanol–water partition coefficient (Wildman–Crippen LogP) is 3.19. The summed E-state index contributed by atoms with van der Waals surface area (Å²) in [7, 11) is 0.